The number of rotatable bonds is 0. The first-order chi connectivity index (χ1) is 7.45. The van der Waals surface area contributed by atoms with Crippen LogP contribution in [0, 0.1) is 5.92 Å². The lowest BCUT2D eigenvalue weighted by molar-refractivity contribution is 0.707. The Bertz CT molecular complexity index is 544. The minimum absolute atomic E-state index is 0.690. The monoisotopic (exact) mass is 194 g/mol. The molecule has 0 N–H and O–H groups in total. The number of fused-ring (bicyclic) bond motifs is 2. The fourth-order valence-corrected chi connectivity index (χ4v) is 2.48. The Morgan fingerprint density at radius 2 is 1.93 bits per heavy atom. The van der Waals surface area contributed by atoms with E-state index in [0.29, 0.717) is 5.92 Å². The summed E-state index contributed by atoms with van der Waals surface area (Å²) in [4.78, 5) is 0. The zero-order valence-corrected chi connectivity index (χ0v) is 8.69. The van der Waals surface area contributed by atoms with Crippen LogP contribution in [0.5, 0.6) is 0 Å². The molecule has 3 rings (SSSR count). The van der Waals surface area contributed by atoms with Crippen molar-refractivity contribution in [2.45, 2.75) is 12.8 Å². The second-order valence-corrected chi connectivity index (χ2v) is 4.20. The Morgan fingerprint density at radius 1 is 1.00 bits per heavy atom. The molecule has 74 valence electrons. The normalized spacial score (nSPS) is 22.7. The average Bonchev–Trinajstić information content (AvgIpc) is 2.54. The lowest BCUT2D eigenvalue weighted by Crippen LogP contribution is -2.31. The summed E-state index contributed by atoms with van der Waals surface area (Å²) in [7, 11) is 0. The van der Waals surface area contributed by atoms with Crippen molar-refractivity contribution in [3.8, 4) is 0 Å². The molecule has 0 heteroatoms. The molecule has 0 saturated heterocycles. The Morgan fingerprint density at radius 3 is 2.93 bits per heavy atom. The van der Waals surface area contributed by atoms with Gasteiger partial charge in [-0.3, -0.25) is 0 Å². The van der Waals surface area contributed by atoms with Gasteiger partial charge in [0.2, 0.25) is 0 Å². The molecule has 0 amide bonds. The lowest BCUT2D eigenvalue weighted by atomic mass is 9.87. The highest BCUT2D eigenvalue weighted by atomic mass is 14.2. The van der Waals surface area contributed by atoms with E-state index in [4.69, 9.17) is 0 Å². The molecular weight excluding hydrogens is 180 g/mol. The number of hydrogen-bond donors (Lipinski definition) is 0. The highest BCUT2D eigenvalue weighted by Gasteiger charge is 2.14. The maximum atomic E-state index is 2.37. The van der Waals surface area contributed by atoms with Gasteiger partial charge in [0.05, 0.1) is 0 Å². The van der Waals surface area contributed by atoms with Crippen molar-refractivity contribution in [1.82, 2.24) is 0 Å². The molecule has 15 heavy (non-hydrogen) atoms. The van der Waals surface area contributed by atoms with Crippen LogP contribution in [0.25, 0.3) is 11.6 Å². The van der Waals surface area contributed by atoms with Crippen LogP contribution in [0.3, 0.4) is 0 Å². The summed E-state index contributed by atoms with van der Waals surface area (Å²) < 4.78 is 0. The van der Waals surface area contributed by atoms with Crippen LogP contribution in [0.15, 0.2) is 48.6 Å². The molecule has 1 atom stereocenters. The zero-order valence-electron chi connectivity index (χ0n) is 8.69. The van der Waals surface area contributed by atoms with E-state index >= 15 is 0 Å². The zero-order chi connectivity index (χ0) is 10.1. The molecule has 0 aliphatic heterocycles. The molecule has 0 fully saturated rings. The second kappa shape index (κ2) is 3.54. The molecule has 1 unspecified atom stereocenters. The molecule has 2 aliphatic carbocycles. The Kier molecular flexibility index (Phi) is 2.06. The van der Waals surface area contributed by atoms with Crippen molar-refractivity contribution in [3.63, 3.8) is 0 Å². The third-order valence-electron chi connectivity index (χ3n) is 3.28. The van der Waals surface area contributed by atoms with Gasteiger partial charge in [0.1, 0.15) is 0 Å². The molecule has 0 radical (unpaired) electrons. The summed E-state index contributed by atoms with van der Waals surface area (Å²) >= 11 is 0. The fourth-order valence-electron chi connectivity index (χ4n) is 2.48. The van der Waals surface area contributed by atoms with E-state index in [9.17, 15) is 0 Å². The van der Waals surface area contributed by atoms with E-state index in [1.54, 1.807) is 0 Å². The standard InChI is InChI=1S/C15H14/c1-2-6-12-10-11-13-7-4-5-9-15(13)14(12)8-3-1/h1-5,7-9,11-12H,6,10H2. The summed E-state index contributed by atoms with van der Waals surface area (Å²) in [6.45, 7) is 0. The maximum Gasteiger partial charge on any atom is -0.00862 e. The second-order valence-electron chi connectivity index (χ2n) is 4.20. The minimum atomic E-state index is 0.690. The Hall–Kier alpha value is -1.56. The van der Waals surface area contributed by atoms with E-state index < -0.39 is 0 Å². The molecule has 0 spiro atoms. The van der Waals surface area contributed by atoms with Crippen molar-refractivity contribution in [1.29, 1.82) is 0 Å². The van der Waals surface area contributed by atoms with Crippen molar-refractivity contribution in [2.75, 3.05) is 0 Å². The van der Waals surface area contributed by atoms with Gasteiger partial charge in [0.15, 0.2) is 0 Å². The molecule has 0 bridgehead atoms. The number of allylic oxidation sites excluding steroid dienone is 4. The smallest absolute Gasteiger partial charge is 0.00862 e. The SMILES string of the molecule is C1=CCC2CC=c3ccccc3=C2C=C1. The van der Waals surface area contributed by atoms with Crippen LogP contribution in [0.4, 0.5) is 0 Å². The first-order valence-electron chi connectivity index (χ1n) is 5.58. The average molecular weight is 194 g/mol. The van der Waals surface area contributed by atoms with E-state index in [2.05, 4.69) is 54.6 Å². The van der Waals surface area contributed by atoms with Gasteiger partial charge in [-0.2, -0.15) is 0 Å². The molecule has 0 heterocycles. The first-order valence-corrected chi connectivity index (χ1v) is 5.58. The van der Waals surface area contributed by atoms with Crippen molar-refractivity contribution < 1.29 is 0 Å². The molecule has 0 nitrogen and oxygen atoms in total. The van der Waals surface area contributed by atoms with Gasteiger partial charge in [-0.25, -0.2) is 0 Å². The quantitative estimate of drug-likeness (QED) is 0.593. The largest absolute Gasteiger partial charge is 0.0839 e. The summed E-state index contributed by atoms with van der Waals surface area (Å²) in [5.41, 5.74) is 1.51. The topological polar surface area (TPSA) is 0 Å². The third-order valence-corrected chi connectivity index (χ3v) is 3.28. The molecule has 1 aromatic rings. The highest BCUT2D eigenvalue weighted by molar-refractivity contribution is 5.64. The van der Waals surface area contributed by atoms with Crippen LogP contribution < -0.4 is 10.4 Å². The van der Waals surface area contributed by atoms with Gasteiger partial charge in [0, 0.05) is 0 Å². The molecule has 2 aliphatic rings. The summed E-state index contributed by atoms with van der Waals surface area (Å²) in [5.74, 6) is 0.690. The highest BCUT2D eigenvalue weighted by Crippen LogP contribution is 2.25. The van der Waals surface area contributed by atoms with Crippen molar-refractivity contribution in [3.05, 3.63) is 59.0 Å². The third kappa shape index (κ3) is 1.46. The van der Waals surface area contributed by atoms with Gasteiger partial charge in [-0.15, -0.1) is 0 Å². The van der Waals surface area contributed by atoms with Crippen molar-refractivity contribution >= 4 is 11.6 Å². The number of hydrogen-bond acceptors (Lipinski definition) is 0. The Labute approximate surface area is 89.9 Å². The van der Waals surface area contributed by atoms with E-state index in [1.165, 1.54) is 28.9 Å². The predicted molar refractivity (Wildman–Crippen MR) is 64.6 cm³/mol. The minimum Gasteiger partial charge on any atom is -0.0839 e. The van der Waals surface area contributed by atoms with Gasteiger partial charge in [-0.1, -0.05) is 54.6 Å². The fraction of sp³-hybridized carbons (Fsp3) is 0.200. The lowest BCUT2D eigenvalue weighted by Gasteiger charge is -2.17. The molecule has 0 aromatic heterocycles. The van der Waals surface area contributed by atoms with Crippen LogP contribution in [-0.2, 0) is 0 Å². The van der Waals surface area contributed by atoms with E-state index in [-0.39, 0.29) is 0 Å². The molecular formula is C15H14. The van der Waals surface area contributed by atoms with Gasteiger partial charge >= 0.3 is 0 Å². The van der Waals surface area contributed by atoms with Crippen LogP contribution in [0.1, 0.15) is 12.8 Å². The summed E-state index contributed by atoms with van der Waals surface area (Å²) in [5, 5.41) is 2.82. The van der Waals surface area contributed by atoms with Crippen LogP contribution in [-0.4, -0.2) is 0 Å². The summed E-state index contributed by atoms with van der Waals surface area (Å²) in [6, 6.07) is 8.71. The maximum absolute atomic E-state index is 2.37. The van der Waals surface area contributed by atoms with Gasteiger partial charge in [0.25, 0.3) is 0 Å². The van der Waals surface area contributed by atoms with Gasteiger partial charge < -0.3 is 0 Å². The van der Waals surface area contributed by atoms with Crippen LogP contribution >= 0.6 is 0 Å². The van der Waals surface area contributed by atoms with Crippen LogP contribution in [0.2, 0.25) is 0 Å². The van der Waals surface area contributed by atoms with E-state index in [0.717, 1.165) is 0 Å². The molecule has 1 aromatic carbocycles. The number of benzene rings is 1. The van der Waals surface area contributed by atoms with E-state index in [1.807, 2.05) is 0 Å². The Balaban J connectivity index is 2.32. The summed E-state index contributed by atoms with van der Waals surface area (Å²) in [6.07, 6.45) is 13.6. The van der Waals surface area contributed by atoms with Crippen molar-refractivity contribution in [2.24, 2.45) is 5.92 Å². The first kappa shape index (κ1) is 8.72. The predicted octanol–water partition coefficient (Wildman–Crippen LogP) is 2.15. The van der Waals surface area contributed by atoms with Gasteiger partial charge in [-0.05, 0) is 34.8 Å². The molecule has 0 saturated carbocycles.